The Hall–Kier alpha value is -1.26. The summed E-state index contributed by atoms with van der Waals surface area (Å²) < 4.78 is 0. The molecule has 0 saturated carbocycles. The maximum absolute atomic E-state index is 12.4. The van der Waals surface area contributed by atoms with E-state index in [1.807, 2.05) is 0 Å². The molecule has 0 aliphatic carbocycles. The van der Waals surface area contributed by atoms with Crippen molar-refractivity contribution in [2.24, 2.45) is 0 Å². The zero-order chi connectivity index (χ0) is 14.0. The van der Waals surface area contributed by atoms with Gasteiger partial charge in [0.25, 0.3) is 5.91 Å². The topological polar surface area (TPSA) is 49.6 Å². The predicted molar refractivity (Wildman–Crippen MR) is 78.5 cm³/mol. The Balaban J connectivity index is 2.10. The van der Waals surface area contributed by atoms with Crippen LogP contribution in [-0.2, 0) is 0 Å². The fourth-order valence-corrected chi connectivity index (χ4v) is 2.83. The van der Waals surface area contributed by atoms with Crippen molar-refractivity contribution in [2.45, 2.75) is 18.9 Å². The van der Waals surface area contributed by atoms with E-state index < -0.39 is 0 Å². The van der Waals surface area contributed by atoms with Gasteiger partial charge in [0.1, 0.15) is 0 Å². The Labute approximate surface area is 119 Å². The highest BCUT2D eigenvalue weighted by Gasteiger charge is 2.25. The molecule has 1 amide bonds. The van der Waals surface area contributed by atoms with Gasteiger partial charge in [-0.3, -0.25) is 4.79 Å². The van der Waals surface area contributed by atoms with Crippen molar-refractivity contribution in [3.05, 3.63) is 28.8 Å². The van der Waals surface area contributed by atoms with Crippen LogP contribution in [0.15, 0.2) is 18.2 Å². The van der Waals surface area contributed by atoms with Crippen LogP contribution in [0.1, 0.15) is 23.2 Å². The van der Waals surface area contributed by atoms with Gasteiger partial charge < -0.3 is 15.5 Å². The van der Waals surface area contributed by atoms with E-state index in [4.69, 9.17) is 17.3 Å². The van der Waals surface area contributed by atoms with E-state index in [-0.39, 0.29) is 5.91 Å². The second-order valence-electron chi connectivity index (χ2n) is 5.17. The summed E-state index contributed by atoms with van der Waals surface area (Å²) in [7, 11) is 3.90. The van der Waals surface area contributed by atoms with Crippen LogP contribution in [0.25, 0.3) is 0 Å². The third-order valence-corrected chi connectivity index (χ3v) is 4.08. The van der Waals surface area contributed by atoms with Gasteiger partial charge in [0.05, 0.1) is 10.6 Å². The Kier molecular flexibility index (Phi) is 4.32. The van der Waals surface area contributed by atoms with E-state index in [1.165, 1.54) is 6.42 Å². The third-order valence-electron chi connectivity index (χ3n) is 3.76. The smallest absolute Gasteiger partial charge is 0.257 e. The number of amides is 1. The number of nitrogen functional groups attached to an aromatic ring is 1. The maximum Gasteiger partial charge on any atom is 0.257 e. The van der Waals surface area contributed by atoms with Crippen LogP contribution in [0, 0.1) is 0 Å². The molecule has 1 fully saturated rings. The average Bonchev–Trinajstić information content (AvgIpc) is 2.74. The first-order valence-electron chi connectivity index (χ1n) is 6.50. The van der Waals surface area contributed by atoms with Gasteiger partial charge in [0.2, 0.25) is 0 Å². The lowest BCUT2D eigenvalue weighted by molar-refractivity contribution is 0.0762. The number of hydrogen-bond acceptors (Lipinski definition) is 3. The average molecular weight is 282 g/mol. The predicted octanol–water partition coefficient (Wildman–Crippen LogP) is 2.09. The van der Waals surface area contributed by atoms with Crippen molar-refractivity contribution < 1.29 is 4.79 Å². The van der Waals surface area contributed by atoms with E-state index in [0.29, 0.717) is 28.9 Å². The molecule has 2 N–H and O–H groups in total. The fourth-order valence-electron chi connectivity index (χ4n) is 2.57. The van der Waals surface area contributed by atoms with Crippen molar-refractivity contribution in [3.8, 4) is 0 Å². The number of nitrogens with zero attached hydrogens (tertiary/aromatic N) is 2. The summed E-state index contributed by atoms with van der Waals surface area (Å²) >= 11 is 6.08. The largest absolute Gasteiger partial charge is 0.398 e. The Bertz CT molecular complexity index is 458. The van der Waals surface area contributed by atoms with Gasteiger partial charge in [-0.05, 0) is 38.6 Å². The minimum Gasteiger partial charge on any atom is -0.398 e. The third kappa shape index (κ3) is 3.01. The first-order valence-corrected chi connectivity index (χ1v) is 6.88. The van der Waals surface area contributed by atoms with Crippen LogP contribution in [0.5, 0.6) is 0 Å². The molecule has 2 rings (SSSR count). The van der Waals surface area contributed by atoms with Crippen molar-refractivity contribution in [2.75, 3.05) is 32.9 Å². The molecule has 1 heterocycles. The van der Waals surface area contributed by atoms with Crippen LogP contribution in [-0.4, -0.2) is 48.9 Å². The van der Waals surface area contributed by atoms with Crippen LogP contribution in [0.3, 0.4) is 0 Å². The second-order valence-corrected chi connectivity index (χ2v) is 5.57. The highest BCUT2D eigenvalue weighted by Crippen LogP contribution is 2.24. The Morgan fingerprint density at radius 3 is 2.89 bits per heavy atom. The molecule has 0 radical (unpaired) electrons. The molecular weight excluding hydrogens is 262 g/mol. The highest BCUT2D eigenvalue weighted by molar-refractivity contribution is 6.34. The van der Waals surface area contributed by atoms with Crippen LogP contribution in [0.2, 0.25) is 5.02 Å². The van der Waals surface area contributed by atoms with Gasteiger partial charge in [0, 0.05) is 25.3 Å². The van der Waals surface area contributed by atoms with Crippen LogP contribution >= 0.6 is 11.6 Å². The lowest BCUT2D eigenvalue weighted by atomic mass is 10.1. The molecule has 0 spiro atoms. The zero-order valence-corrected chi connectivity index (χ0v) is 12.2. The number of anilines is 1. The molecule has 1 aliphatic rings. The first kappa shape index (κ1) is 14.2. The monoisotopic (exact) mass is 281 g/mol. The van der Waals surface area contributed by atoms with Crippen LogP contribution in [0.4, 0.5) is 5.69 Å². The molecule has 1 atom stereocenters. The molecule has 1 aliphatic heterocycles. The Morgan fingerprint density at radius 2 is 2.32 bits per heavy atom. The highest BCUT2D eigenvalue weighted by atomic mass is 35.5. The van der Waals surface area contributed by atoms with Crippen molar-refractivity contribution in [1.29, 1.82) is 0 Å². The number of carbonyl (C=O) groups excluding carboxylic acids is 1. The molecule has 1 aromatic rings. The molecule has 19 heavy (non-hydrogen) atoms. The summed E-state index contributed by atoms with van der Waals surface area (Å²) in [6, 6.07) is 5.58. The van der Waals surface area contributed by atoms with E-state index in [0.717, 1.165) is 13.0 Å². The van der Waals surface area contributed by atoms with Gasteiger partial charge in [-0.25, -0.2) is 0 Å². The SMILES string of the molecule is CN(CC1CCCN1C)C(=O)c1c(N)cccc1Cl. The second kappa shape index (κ2) is 5.80. The van der Waals surface area contributed by atoms with Crippen molar-refractivity contribution >= 4 is 23.2 Å². The van der Waals surface area contributed by atoms with Crippen LogP contribution < -0.4 is 5.73 Å². The maximum atomic E-state index is 12.4. The Morgan fingerprint density at radius 1 is 1.58 bits per heavy atom. The van der Waals surface area contributed by atoms with Gasteiger partial charge in [-0.1, -0.05) is 17.7 Å². The molecule has 4 nitrogen and oxygen atoms in total. The number of halogens is 1. The number of rotatable bonds is 3. The van der Waals surface area contributed by atoms with E-state index in [1.54, 1.807) is 30.1 Å². The van der Waals surface area contributed by atoms with Gasteiger partial charge in [-0.2, -0.15) is 0 Å². The molecule has 1 unspecified atom stereocenters. The normalized spacial score (nSPS) is 19.6. The van der Waals surface area contributed by atoms with Crippen molar-refractivity contribution in [1.82, 2.24) is 9.80 Å². The van der Waals surface area contributed by atoms with Crippen molar-refractivity contribution in [3.63, 3.8) is 0 Å². The lowest BCUT2D eigenvalue weighted by Gasteiger charge is -2.26. The number of hydrogen-bond donors (Lipinski definition) is 1. The summed E-state index contributed by atoms with van der Waals surface area (Å²) in [5.41, 5.74) is 6.70. The number of benzene rings is 1. The summed E-state index contributed by atoms with van der Waals surface area (Å²) in [5.74, 6) is -0.108. The molecule has 0 bridgehead atoms. The number of carbonyl (C=O) groups is 1. The standard InChI is InChI=1S/C14H20ClN3O/c1-17-8-4-5-10(17)9-18(2)14(19)13-11(15)6-3-7-12(13)16/h3,6-7,10H,4-5,8-9,16H2,1-2H3. The molecule has 104 valence electrons. The minimum atomic E-state index is -0.108. The zero-order valence-electron chi connectivity index (χ0n) is 11.4. The minimum absolute atomic E-state index is 0.108. The van der Waals surface area contributed by atoms with E-state index in [9.17, 15) is 4.79 Å². The fraction of sp³-hybridized carbons (Fsp3) is 0.500. The molecule has 5 heteroatoms. The summed E-state index contributed by atoms with van der Waals surface area (Å²) in [6.45, 7) is 1.81. The summed E-state index contributed by atoms with van der Waals surface area (Å²) in [4.78, 5) is 16.4. The quantitative estimate of drug-likeness (QED) is 0.863. The van der Waals surface area contributed by atoms with Gasteiger partial charge >= 0.3 is 0 Å². The lowest BCUT2D eigenvalue weighted by Crippen LogP contribution is -2.39. The number of nitrogens with two attached hydrogens (primary N) is 1. The molecule has 0 aromatic heterocycles. The summed E-state index contributed by atoms with van der Waals surface area (Å²) in [6.07, 6.45) is 2.32. The number of likely N-dealkylation sites (N-methyl/N-ethyl adjacent to an activating group) is 2. The number of likely N-dealkylation sites (tertiary alicyclic amines) is 1. The van der Waals surface area contributed by atoms with Gasteiger partial charge in [-0.15, -0.1) is 0 Å². The molecule has 1 saturated heterocycles. The van der Waals surface area contributed by atoms with Gasteiger partial charge in [0.15, 0.2) is 0 Å². The molecule has 1 aromatic carbocycles. The molecular formula is C14H20ClN3O. The van der Waals surface area contributed by atoms with E-state index >= 15 is 0 Å². The van der Waals surface area contributed by atoms with E-state index in [2.05, 4.69) is 11.9 Å². The first-order chi connectivity index (χ1) is 9.00. The summed E-state index contributed by atoms with van der Waals surface area (Å²) in [5, 5.41) is 0.414.